The summed E-state index contributed by atoms with van der Waals surface area (Å²) in [6.07, 6.45) is 0. The van der Waals surface area contributed by atoms with Crippen molar-refractivity contribution in [3.05, 3.63) is 35.6 Å². The molecular formula is C13H17FN2O2S. The van der Waals surface area contributed by atoms with Gasteiger partial charge in [0, 0.05) is 18.7 Å². The number of halogens is 1. The van der Waals surface area contributed by atoms with Crippen molar-refractivity contribution in [2.75, 3.05) is 26.2 Å². The molecule has 6 heteroatoms. The first-order valence-corrected chi connectivity index (χ1v) is 8.09. The fourth-order valence-electron chi connectivity index (χ4n) is 2.94. The lowest BCUT2D eigenvalue weighted by atomic mass is 10.0. The van der Waals surface area contributed by atoms with Gasteiger partial charge in [-0.2, -0.15) is 0 Å². The molecule has 0 aromatic heterocycles. The van der Waals surface area contributed by atoms with E-state index >= 15 is 0 Å². The fraction of sp³-hybridized carbons (Fsp3) is 0.538. The maximum atomic E-state index is 13.5. The number of rotatable bonds is 3. The van der Waals surface area contributed by atoms with Gasteiger partial charge in [-0.1, -0.05) is 18.2 Å². The number of fused-ring (bicyclic) bond motifs is 1. The molecule has 1 N–H and O–H groups in total. The van der Waals surface area contributed by atoms with Gasteiger partial charge in [-0.05, 0) is 31.0 Å². The summed E-state index contributed by atoms with van der Waals surface area (Å²) < 4.78 is 39.7. The van der Waals surface area contributed by atoms with Crippen molar-refractivity contribution in [3.8, 4) is 0 Å². The van der Waals surface area contributed by atoms with E-state index in [4.69, 9.17) is 0 Å². The summed E-state index contributed by atoms with van der Waals surface area (Å²) in [5, 5.41) is 3.27. The van der Waals surface area contributed by atoms with Crippen molar-refractivity contribution in [2.24, 2.45) is 11.8 Å². The summed E-state index contributed by atoms with van der Waals surface area (Å²) in [4.78, 5) is 0. The predicted octanol–water partition coefficient (Wildman–Crippen LogP) is 0.807. The molecule has 2 atom stereocenters. The third-order valence-electron chi connectivity index (χ3n) is 4.05. The van der Waals surface area contributed by atoms with E-state index in [0.717, 1.165) is 13.1 Å². The van der Waals surface area contributed by atoms with Crippen LogP contribution in [0.25, 0.3) is 0 Å². The lowest BCUT2D eigenvalue weighted by Crippen LogP contribution is -2.33. The Balaban J connectivity index is 1.75. The standard InChI is InChI=1S/C13H17FN2O2S/c14-13-4-2-1-3-10(13)9-19(17,18)16-7-11-5-15-6-12(11)8-16/h1-4,11-12,15H,5-9H2/t11-,12+. The Hall–Kier alpha value is -0.980. The Morgan fingerprint density at radius 1 is 1.21 bits per heavy atom. The van der Waals surface area contributed by atoms with Gasteiger partial charge in [0.05, 0.1) is 5.75 Å². The topological polar surface area (TPSA) is 49.4 Å². The lowest BCUT2D eigenvalue weighted by Gasteiger charge is -2.17. The highest BCUT2D eigenvalue weighted by molar-refractivity contribution is 7.88. The van der Waals surface area contributed by atoms with Gasteiger partial charge in [0.25, 0.3) is 0 Å². The van der Waals surface area contributed by atoms with E-state index in [1.54, 1.807) is 12.1 Å². The molecule has 0 aliphatic carbocycles. The molecule has 3 rings (SSSR count). The second kappa shape index (κ2) is 4.85. The minimum atomic E-state index is -3.41. The van der Waals surface area contributed by atoms with E-state index in [1.807, 2.05) is 0 Å². The van der Waals surface area contributed by atoms with E-state index in [2.05, 4.69) is 5.32 Å². The van der Waals surface area contributed by atoms with Crippen molar-refractivity contribution < 1.29 is 12.8 Å². The Morgan fingerprint density at radius 2 is 1.84 bits per heavy atom. The normalized spacial score (nSPS) is 27.6. The molecule has 0 unspecified atom stereocenters. The Labute approximate surface area is 112 Å². The molecule has 0 radical (unpaired) electrons. The lowest BCUT2D eigenvalue weighted by molar-refractivity contribution is 0.446. The molecule has 19 heavy (non-hydrogen) atoms. The van der Waals surface area contributed by atoms with Gasteiger partial charge < -0.3 is 5.32 Å². The van der Waals surface area contributed by atoms with Crippen LogP contribution in [-0.4, -0.2) is 38.9 Å². The van der Waals surface area contributed by atoms with E-state index in [0.29, 0.717) is 24.9 Å². The number of nitrogens with zero attached hydrogens (tertiary/aromatic N) is 1. The van der Waals surface area contributed by atoms with E-state index < -0.39 is 15.8 Å². The quantitative estimate of drug-likeness (QED) is 0.893. The summed E-state index contributed by atoms with van der Waals surface area (Å²) >= 11 is 0. The molecule has 0 bridgehead atoms. The molecular weight excluding hydrogens is 267 g/mol. The Bertz CT molecular complexity index is 564. The molecule has 2 aliphatic heterocycles. The maximum Gasteiger partial charge on any atom is 0.218 e. The third kappa shape index (κ3) is 2.52. The second-order valence-corrected chi connectivity index (χ2v) is 7.31. The van der Waals surface area contributed by atoms with Crippen LogP contribution in [0.1, 0.15) is 5.56 Å². The third-order valence-corrected chi connectivity index (χ3v) is 5.81. The monoisotopic (exact) mass is 284 g/mol. The molecule has 2 fully saturated rings. The first-order chi connectivity index (χ1) is 9.06. The largest absolute Gasteiger partial charge is 0.316 e. The minimum absolute atomic E-state index is 0.244. The number of hydrogen-bond donors (Lipinski definition) is 1. The summed E-state index contributed by atoms with van der Waals surface area (Å²) in [6, 6.07) is 6.06. The number of benzene rings is 1. The number of nitrogens with one attached hydrogen (secondary N) is 1. The van der Waals surface area contributed by atoms with Crippen LogP contribution in [0.15, 0.2) is 24.3 Å². The fourth-order valence-corrected chi connectivity index (χ4v) is 4.59. The van der Waals surface area contributed by atoms with Crippen molar-refractivity contribution in [3.63, 3.8) is 0 Å². The van der Waals surface area contributed by atoms with Crippen LogP contribution < -0.4 is 5.32 Å². The van der Waals surface area contributed by atoms with Crippen molar-refractivity contribution in [2.45, 2.75) is 5.75 Å². The molecule has 2 heterocycles. The van der Waals surface area contributed by atoms with Gasteiger partial charge in [0.2, 0.25) is 10.0 Å². The average Bonchev–Trinajstić information content (AvgIpc) is 2.92. The van der Waals surface area contributed by atoms with E-state index in [1.165, 1.54) is 16.4 Å². The summed E-state index contributed by atoms with van der Waals surface area (Å²) in [6.45, 7) is 2.90. The molecule has 0 spiro atoms. The minimum Gasteiger partial charge on any atom is -0.316 e. The van der Waals surface area contributed by atoms with Crippen molar-refractivity contribution in [1.82, 2.24) is 9.62 Å². The Morgan fingerprint density at radius 3 is 2.47 bits per heavy atom. The first kappa shape index (κ1) is 13.0. The molecule has 1 aromatic carbocycles. The predicted molar refractivity (Wildman–Crippen MR) is 70.4 cm³/mol. The van der Waals surface area contributed by atoms with Crippen LogP contribution in [0.4, 0.5) is 4.39 Å². The van der Waals surface area contributed by atoms with Crippen LogP contribution in [0.3, 0.4) is 0 Å². The molecule has 0 saturated carbocycles. The van der Waals surface area contributed by atoms with Gasteiger partial charge in [-0.3, -0.25) is 0 Å². The molecule has 1 aromatic rings. The summed E-state index contributed by atoms with van der Waals surface area (Å²) in [5.41, 5.74) is 0.248. The highest BCUT2D eigenvalue weighted by Crippen LogP contribution is 2.29. The zero-order valence-electron chi connectivity index (χ0n) is 10.5. The number of hydrogen-bond acceptors (Lipinski definition) is 3. The highest BCUT2D eigenvalue weighted by Gasteiger charge is 2.40. The van der Waals surface area contributed by atoms with Gasteiger partial charge in [-0.25, -0.2) is 17.1 Å². The first-order valence-electron chi connectivity index (χ1n) is 6.48. The average molecular weight is 284 g/mol. The SMILES string of the molecule is O=S(=O)(Cc1ccccc1F)N1C[C@H]2CNC[C@H]2C1. The van der Waals surface area contributed by atoms with Crippen LogP contribution in [0.2, 0.25) is 0 Å². The zero-order valence-corrected chi connectivity index (χ0v) is 11.4. The summed E-state index contributed by atoms with van der Waals surface area (Å²) in [5.74, 6) is 0.130. The molecule has 2 aliphatic rings. The van der Waals surface area contributed by atoms with Gasteiger partial charge in [-0.15, -0.1) is 0 Å². The summed E-state index contributed by atoms with van der Waals surface area (Å²) in [7, 11) is -3.41. The molecule has 0 amide bonds. The van der Waals surface area contributed by atoms with Crippen LogP contribution in [0, 0.1) is 17.7 Å². The molecule has 104 valence electrons. The van der Waals surface area contributed by atoms with E-state index in [9.17, 15) is 12.8 Å². The highest BCUT2D eigenvalue weighted by atomic mass is 32.2. The molecule has 4 nitrogen and oxygen atoms in total. The smallest absolute Gasteiger partial charge is 0.218 e. The van der Waals surface area contributed by atoms with Crippen LogP contribution in [0.5, 0.6) is 0 Å². The van der Waals surface area contributed by atoms with Gasteiger partial charge in [0.1, 0.15) is 5.82 Å². The number of sulfonamides is 1. The van der Waals surface area contributed by atoms with Crippen molar-refractivity contribution >= 4 is 10.0 Å². The van der Waals surface area contributed by atoms with Gasteiger partial charge >= 0.3 is 0 Å². The van der Waals surface area contributed by atoms with Gasteiger partial charge in [0.15, 0.2) is 0 Å². The van der Waals surface area contributed by atoms with Crippen LogP contribution in [-0.2, 0) is 15.8 Å². The van der Waals surface area contributed by atoms with E-state index in [-0.39, 0.29) is 11.3 Å². The zero-order chi connectivity index (χ0) is 13.5. The Kier molecular flexibility index (Phi) is 3.32. The van der Waals surface area contributed by atoms with Crippen LogP contribution >= 0.6 is 0 Å². The second-order valence-electron chi connectivity index (χ2n) is 5.34. The maximum absolute atomic E-state index is 13.5. The van der Waals surface area contributed by atoms with Crippen molar-refractivity contribution in [1.29, 1.82) is 0 Å². The molecule has 2 saturated heterocycles.